The number of carbonyl (C=O) groups is 1. The molecule has 0 atom stereocenters. The number of para-hydroxylation sites is 1. The third-order valence-electron chi connectivity index (χ3n) is 4.93. The van der Waals surface area contributed by atoms with Gasteiger partial charge in [0.1, 0.15) is 17.4 Å². The standard InChI is InChI=1S/C23H25F3N4OS/c1-22(2)11-17(20(18(31)12-22)21(32)30-16-6-4-3-5-7-16)28-13-15-8-9-27-19(10-15)29-14-23(24,25)26/h3-10,28H,11-14H2,1-2H3,(H,27,29)(H,30,32). The minimum Gasteiger partial charge on any atom is -0.384 e. The Bertz CT molecular complexity index is 1020. The Kier molecular flexibility index (Phi) is 7.18. The monoisotopic (exact) mass is 462 g/mol. The van der Waals surface area contributed by atoms with Crippen LogP contribution in [0.2, 0.25) is 0 Å². The SMILES string of the molecule is CC1(C)CC(=O)C(C(=S)Nc2ccccc2)=C(NCc2ccnc(NCC(F)(F)F)c2)C1. The third-order valence-corrected chi connectivity index (χ3v) is 5.24. The van der Waals surface area contributed by atoms with Crippen LogP contribution in [-0.2, 0) is 11.3 Å². The summed E-state index contributed by atoms with van der Waals surface area (Å²) in [6.45, 7) is 3.19. The van der Waals surface area contributed by atoms with Gasteiger partial charge in [-0.3, -0.25) is 4.79 Å². The molecule has 0 amide bonds. The van der Waals surface area contributed by atoms with E-state index in [1.807, 2.05) is 44.2 Å². The van der Waals surface area contributed by atoms with E-state index in [9.17, 15) is 18.0 Å². The Balaban J connectivity index is 1.78. The lowest BCUT2D eigenvalue weighted by Crippen LogP contribution is -2.35. The number of Topliss-reactive ketones (excluding diaryl/α,β-unsaturated/α-hetero) is 1. The fourth-order valence-electron chi connectivity index (χ4n) is 3.53. The minimum atomic E-state index is -4.33. The summed E-state index contributed by atoms with van der Waals surface area (Å²) in [6.07, 6.45) is -1.88. The average molecular weight is 463 g/mol. The molecule has 32 heavy (non-hydrogen) atoms. The van der Waals surface area contributed by atoms with E-state index < -0.39 is 12.7 Å². The van der Waals surface area contributed by atoms with E-state index in [2.05, 4.69) is 20.9 Å². The molecule has 1 heterocycles. The minimum absolute atomic E-state index is 0.0422. The quantitative estimate of drug-likeness (QED) is 0.490. The Morgan fingerprint density at radius 2 is 1.84 bits per heavy atom. The van der Waals surface area contributed by atoms with Crippen molar-refractivity contribution in [1.82, 2.24) is 10.3 Å². The predicted octanol–water partition coefficient (Wildman–Crippen LogP) is 5.23. The van der Waals surface area contributed by atoms with Gasteiger partial charge in [-0.2, -0.15) is 13.2 Å². The molecular weight excluding hydrogens is 437 g/mol. The number of ketones is 1. The molecule has 0 radical (unpaired) electrons. The van der Waals surface area contributed by atoms with Crippen molar-refractivity contribution in [2.24, 2.45) is 5.41 Å². The molecule has 2 aromatic rings. The normalized spacial score (nSPS) is 16.0. The fourth-order valence-corrected chi connectivity index (χ4v) is 3.89. The van der Waals surface area contributed by atoms with Gasteiger partial charge in [0.15, 0.2) is 5.78 Å². The van der Waals surface area contributed by atoms with Gasteiger partial charge in [0.05, 0.1) is 5.57 Å². The molecule has 0 aliphatic heterocycles. The van der Waals surface area contributed by atoms with Gasteiger partial charge >= 0.3 is 6.18 Å². The summed E-state index contributed by atoms with van der Waals surface area (Å²) in [4.78, 5) is 17.2. The van der Waals surface area contributed by atoms with Crippen molar-refractivity contribution in [3.8, 4) is 0 Å². The second-order valence-corrected chi connectivity index (χ2v) is 8.89. The van der Waals surface area contributed by atoms with E-state index in [1.165, 1.54) is 6.20 Å². The number of allylic oxidation sites excluding steroid dienone is 1. The van der Waals surface area contributed by atoms with Crippen molar-refractivity contribution in [2.75, 3.05) is 17.2 Å². The van der Waals surface area contributed by atoms with E-state index in [0.29, 0.717) is 29.9 Å². The molecule has 3 rings (SSSR count). The highest BCUT2D eigenvalue weighted by atomic mass is 32.1. The van der Waals surface area contributed by atoms with Crippen molar-refractivity contribution < 1.29 is 18.0 Å². The molecule has 5 nitrogen and oxygen atoms in total. The van der Waals surface area contributed by atoms with Crippen molar-refractivity contribution in [2.45, 2.75) is 39.4 Å². The molecule has 0 fully saturated rings. The molecule has 0 saturated heterocycles. The Morgan fingerprint density at radius 1 is 1.12 bits per heavy atom. The highest BCUT2D eigenvalue weighted by Gasteiger charge is 2.34. The van der Waals surface area contributed by atoms with Gasteiger partial charge in [0.2, 0.25) is 0 Å². The molecule has 0 saturated carbocycles. The van der Waals surface area contributed by atoms with Crippen LogP contribution in [0, 0.1) is 5.41 Å². The Morgan fingerprint density at radius 3 is 2.53 bits per heavy atom. The molecule has 1 aliphatic carbocycles. The van der Waals surface area contributed by atoms with Crippen molar-refractivity contribution in [1.29, 1.82) is 0 Å². The maximum Gasteiger partial charge on any atom is 0.405 e. The molecule has 0 bridgehead atoms. The first-order valence-corrected chi connectivity index (χ1v) is 10.6. The summed E-state index contributed by atoms with van der Waals surface area (Å²) in [5.74, 6) is 0.0941. The van der Waals surface area contributed by atoms with Crippen LogP contribution < -0.4 is 16.0 Å². The molecule has 9 heteroatoms. The number of halogens is 3. The van der Waals surface area contributed by atoms with Crippen molar-refractivity contribution in [3.63, 3.8) is 0 Å². The number of aromatic nitrogens is 1. The summed E-state index contributed by atoms with van der Waals surface area (Å²) in [5.41, 5.74) is 2.46. The lowest BCUT2D eigenvalue weighted by molar-refractivity contribution is -0.117. The largest absolute Gasteiger partial charge is 0.405 e. The first-order chi connectivity index (χ1) is 15.0. The molecular formula is C23H25F3N4OS. The summed E-state index contributed by atoms with van der Waals surface area (Å²) in [5, 5.41) is 8.69. The number of hydrogen-bond acceptors (Lipinski definition) is 5. The number of nitrogens with one attached hydrogen (secondary N) is 3. The summed E-state index contributed by atoms with van der Waals surface area (Å²) < 4.78 is 37.4. The summed E-state index contributed by atoms with van der Waals surface area (Å²) >= 11 is 5.55. The summed E-state index contributed by atoms with van der Waals surface area (Å²) in [7, 11) is 0. The van der Waals surface area contributed by atoms with E-state index in [1.54, 1.807) is 12.1 Å². The van der Waals surface area contributed by atoms with Crippen molar-refractivity contribution >= 4 is 34.5 Å². The average Bonchev–Trinajstić information content (AvgIpc) is 2.70. The van der Waals surface area contributed by atoms with Crippen LogP contribution in [0.4, 0.5) is 24.7 Å². The van der Waals surface area contributed by atoms with E-state index in [4.69, 9.17) is 12.2 Å². The van der Waals surface area contributed by atoms with Crippen molar-refractivity contribution in [3.05, 3.63) is 65.5 Å². The van der Waals surface area contributed by atoms with Crippen LogP contribution in [0.15, 0.2) is 59.9 Å². The second kappa shape index (κ2) is 9.68. The number of pyridine rings is 1. The van der Waals surface area contributed by atoms with E-state index in [0.717, 1.165) is 16.9 Å². The molecule has 3 N–H and O–H groups in total. The number of benzene rings is 1. The summed E-state index contributed by atoms with van der Waals surface area (Å²) in [6, 6.07) is 12.6. The number of nitrogens with zero attached hydrogens (tertiary/aromatic N) is 1. The topological polar surface area (TPSA) is 66.0 Å². The number of hydrogen-bond donors (Lipinski definition) is 3. The van der Waals surface area contributed by atoms with Gasteiger partial charge in [-0.05, 0) is 41.7 Å². The number of carbonyl (C=O) groups excluding carboxylic acids is 1. The Labute approximate surface area is 190 Å². The van der Waals surface area contributed by atoms with Crippen LogP contribution in [-0.4, -0.2) is 28.5 Å². The molecule has 1 aromatic heterocycles. The zero-order valence-corrected chi connectivity index (χ0v) is 18.7. The number of thiocarbonyl (C=S) groups is 1. The maximum atomic E-state index is 12.9. The zero-order chi connectivity index (χ0) is 23.4. The van der Waals surface area contributed by atoms with E-state index >= 15 is 0 Å². The first kappa shape index (κ1) is 23.7. The highest BCUT2D eigenvalue weighted by molar-refractivity contribution is 7.81. The van der Waals surface area contributed by atoms with Crippen LogP contribution in [0.1, 0.15) is 32.3 Å². The molecule has 1 aliphatic rings. The van der Waals surface area contributed by atoms with Crippen LogP contribution in [0.25, 0.3) is 0 Å². The van der Waals surface area contributed by atoms with Gasteiger partial charge in [-0.25, -0.2) is 4.98 Å². The fraction of sp³-hybridized carbons (Fsp3) is 0.348. The molecule has 170 valence electrons. The van der Waals surface area contributed by atoms with Gasteiger partial charge in [-0.1, -0.05) is 44.3 Å². The second-order valence-electron chi connectivity index (χ2n) is 8.49. The number of alkyl halides is 3. The predicted molar refractivity (Wildman–Crippen MR) is 123 cm³/mol. The van der Waals surface area contributed by atoms with Crippen LogP contribution >= 0.6 is 12.2 Å². The van der Waals surface area contributed by atoms with Crippen LogP contribution in [0.3, 0.4) is 0 Å². The van der Waals surface area contributed by atoms with E-state index in [-0.39, 0.29) is 17.0 Å². The third kappa shape index (κ3) is 6.78. The van der Waals surface area contributed by atoms with Crippen LogP contribution in [0.5, 0.6) is 0 Å². The first-order valence-electron chi connectivity index (χ1n) is 10.1. The molecule has 0 spiro atoms. The maximum absolute atomic E-state index is 12.9. The zero-order valence-electron chi connectivity index (χ0n) is 17.8. The van der Waals surface area contributed by atoms with Gasteiger partial charge in [-0.15, -0.1) is 0 Å². The molecule has 0 unspecified atom stereocenters. The Hall–Kier alpha value is -2.94. The highest BCUT2D eigenvalue weighted by Crippen LogP contribution is 2.36. The van der Waals surface area contributed by atoms with Gasteiger partial charge in [0.25, 0.3) is 0 Å². The number of rotatable bonds is 7. The number of anilines is 2. The molecule has 1 aromatic carbocycles. The van der Waals surface area contributed by atoms with Gasteiger partial charge in [0, 0.05) is 30.5 Å². The van der Waals surface area contributed by atoms with Gasteiger partial charge < -0.3 is 16.0 Å². The lowest BCUT2D eigenvalue weighted by atomic mass is 9.75. The smallest absolute Gasteiger partial charge is 0.384 e. The lowest BCUT2D eigenvalue weighted by Gasteiger charge is -2.33.